The third kappa shape index (κ3) is 2.24. The number of hydrogen-bond donors (Lipinski definition) is 3. The third-order valence-corrected chi connectivity index (χ3v) is 2.68. The zero-order valence-electron chi connectivity index (χ0n) is 7.40. The van der Waals surface area contributed by atoms with Crippen molar-refractivity contribution in [2.75, 3.05) is 12.3 Å². The molecule has 0 aliphatic rings. The second kappa shape index (κ2) is 4.43. The maximum absolute atomic E-state index is 10.8. The summed E-state index contributed by atoms with van der Waals surface area (Å²) in [5.41, 5.74) is 12.1. The summed E-state index contributed by atoms with van der Waals surface area (Å²) in [6.45, 7) is 0.0659. The molecule has 4 nitrogen and oxygen atoms in total. The summed E-state index contributed by atoms with van der Waals surface area (Å²) >= 11 is 3.23. The third-order valence-electron chi connectivity index (χ3n) is 1.96. The minimum atomic E-state index is -0.936. The average molecular weight is 259 g/mol. The Morgan fingerprint density at radius 1 is 1.57 bits per heavy atom. The van der Waals surface area contributed by atoms with Gasteiger partial charge < -0.3 is 16.6 Å². The zero-order valence-corrected chi connectivity index (χ0v) is 8.99. The van der Waals surface area contributed by atoms with Crippen LogP contribution in [-0.4, -0.2) is 17.6 Å². The molecule has 76 valence electrons. The van der Waals surface area contributed by atoms with Crippen LogP contribution in [0.1, 0.15) is 11.5 Å². The molecule has 1 rings (SSSR count). The van der Waals surface area contributed by atoms with Gasteiger partial charge in [-0.25, -0.2) is 0 Å². The number of rotatable bonds is 3. The zero-order chi connectivity index (χ0) is 10.7. The van der Waals surface area contributed by atoms with Gasteiger partial charge in [-0.3, -0.25) is 4.79 Å². The monoisotopic (exact) mass is 258 g/mol. The number of hydrogen-bond acceptors (Lipinski definition) is 3. The molecule has 1 atom stereocenters. The first-order valence-electron chi connectivity index (χ1n) is 4.04. The summed E-state index contributed by atoms with van der Waals surface area (Å²) in [7, 11) is 0. The molecule has 0 amide bonds. The Hall–Kier alpha value is -1.07. The number of anilines is 1. The summed E-state index contributed by atoms with van der Waals surface area (Å²) in [6, 6.07) is 5.04. The molecule has 0 bridgehead atoms. The molecule has 5 heteroatoms. The Labute approximate surface area is 90.0 Å². The number of carboxylic acids is 1. The Morgan fingerprint density at radius 3 is 2.64 bits per heavy atom. The van der Waals surface area contributed by atoms with E-state index in [0.717, 1.165) is 4.47 Å². The first kappa shape index (κ1) is 11.0. The Morgan fingerprint density at radius 2 is 2.21 bits per heavy atom. The van der Waals surface area contributed by atoms with E-state index in [2.05, 4.69) is 15.9 Å². The number of carbonyl (C=O) groups is 1. The van der Waals surface area contributed by atoms with E-state index in [-0.39, 0.29) is 6.54 Å². The van der Waals surface area contributed by atoms with Gasteiger partial charge in [0.25, 0.3) is 0 Å². The quantitative estimate of drug-likeness (QED) is 0.710. The smallest absolute Gasteiger partial charge is 0.312 e. The van der Waals surface area contributed by atoms with Gasteiger partial charge in [0.05, 0.1) is 5.92 Å². The van der Waals surface area contributed by atoms with E-state index in [0.29, 0.717) is 11.3 Å². The summed E-state index contributed by atoms with van der Waals surface area (Å²) in [5.74, 6) is -1.63. The topological polar surface area (TPSA) is 89.3 Å². The second-order valence-corrected chi connectivity index (χ2v) is 3.76. The summed E-state index contributed by atoms with van der Waals surface area (Å²) in [5, 5.41) is 8.85. The first-order valence-corrected chi connectivity index (χ1v) is 4.83. The Bertz CT molecular complexity index is 355. The lowest BCUT2D eigenvalue weighted by molar-refractivity contribution is -0.138. The summed E-state index contributed by atoms with van der Waals surface area (Å²) < 4.78 is 0.752. The normalized spacial score (nSPS) is 12.4. The van der Waals surface area contributed by atoms with Gasteiger partial charge in [-0.05, 0) is 33.6 Å². The highest BCUT2D eigenvalue weighted by Gasteiger charge is 2.18. The molecule has 0 aliphatic heterocycles. The van der Waals surface area contributed by atoms with E-state index in [1.54, 1.807) is 18.2 Å². The molecule has 0 heterocycles. The van der Waals surface area contributed by atoms with E-state index in [4.69, 9.17) is 16.6 Å². The van der Waals surface area contributed by atoms with Crippen molar-refractivity contribution in [3.63, 3.8) is 0 Å². The highest BCUT2D eigenvalue weighted by Crippen LogP contribution is 2.24. The maximum atomic E-state index is 10.8. The fraction of sp³-hybridized carbons (Fsp3) is 0.222. The highest BCUT2D eigenvalue weighted by atomic mass is 79.9. The Balaban J connectivity index is 3.06. The van der Waals surface area contributed by atoms with Crippen LogP contribution in [0.3, 0.4) is 0 Å². The molecule has 0 aromatic heterocycles. The van der Waals surface area contributed by atoms with Gasteiger partial charge in [-0.1, -0.05) is 6.07 Å². The molecule has 5 N–H and O–H groups in total. The van der Waals surface area contributed by atoms with Crippen molar-refractivity contribution in [2.24, 2.45) is 5.73 Å². The molecule has 0 saturated carbocycles. The van der Waals surface area contributed by atoms with Gasteiger partial charge in [0.15, 0.2) is 0 Å². The van der Waals surface area contributed by atoms with Crippen LogP contribution in [0.4, 0.5) is 5.69 Å². The lowest BCUT2D eigenvalue weighted by Gasteiger charge is -2.10. The van der Waals surface area contributed by atoms with E-state index in [9.17, 15) is 4.79 Å². The second-order valence-electron chi connectivity index (χ2n) is 2.91. The minimum absolute atomic E-state index is 0.0659. The molecular formula is C9H11BrN2O2. The SMILES string of the molecule is NCC(C(=O)O)c1ccc(Br)c(N)c1. The fourth-order valence-corrected chi connectivity index (χ4v) is 1.41. The van der Waals surface area contributed by atoms with Gasteiger partial charge in [0.2, 0.25) is 0 Å². The van der Waals surface area contributed by atoms with Crippen LogP contribution in [0.25, 0.3) is 0 Å². The molecule has 1 aromatic carbocycles. The molecule has 1 unspecified atom stereocenters. The molecule has 1 aromatic rings. The molecule has 0 saturated heterocycles. The number of carboxylic acid groups (broad SMARTS) is 1. The Kier molecular flexibility index (Phi) is 3.49. The van der Waals surface area contributed by atoms with E-state index < -0.39 is 11.9 Å². The van der Waals surface area contributed by atoms with Gasteiger partial charge in [-0.2, -0.15) is 0 Å². The standard InChI is InChI=1S/C9H11BrN2O2/c10-7-2-1-5(3-8(7)12)6(4-11)9(13)14/h1-3,6H,4,11-12H2,(H,13,14). The number of aliphatic carboxylic acids is 1. The van der Waals surface area contributed by atoms with Gasteiger partial charge in [0.1, 0.15) is 0 Å². The van der Waals surface area contributed by atoms with Crippen molar-refractivity contribution < 1.29 is 9.90 Å². The number of halogens is 1. The minimum Gasteiger partial charge on any atom is -0.481 e. The van der Waals surface area contributed by atoms with E-state index in [1.165, 1.54) is 0 Å². The predicted molar refractivity (Wildman–Crippen MR) is 58.0 cm³/mol. The number of nitrogens with two attached hydrogens (primary N) is 2. The van der Waals surface area contributed by atoms with Crippen molar-refractivity contribution in [2.45, 2.75) is 5.92 Å². The van der Waals surface area contributed by atoms with Crippen molar-refractivity contribution in [3.05, 3.63) is 28.2 Å². The van der Waals surface area contributed by atoms with Crippen molar-refractivity contribution >= 4 is 27.6 Å². The van der Waals surface area contributed by atoms with Crippen molar-refractivity contribution in [1.82, 2.24) is 0 Å². The molecule has 0 spiro atoms. The van der Waals surface area contributed by atoms with Crippen LogP contribution in [0.15, 0.2) is 22.7 Å². The molecule has 0 radical (unpaired) electrons. The lowest BCUT2D eigenvalue weighted by Crippen LogP contribution is -2.21. The van der Waals surface area contributed by atoms with Crippen molar-refractivity contribution in [1.29, 1.82) is 0 Å². The van der Waals surface area contributed by atoms with Crippen LogP contribution in [0, 0.1) is 0 Å². The van der Waals surface area contributed by atoms with Crippen molar-refractivity contribution in [3.8, 4) is 0 Å². The highest BCUT2D eigenvalue weighted by molar-refractivity contribution is 9.10. The van der Waals surface area contributed by atoms with Gasteiger partial charge >= 0.3 is 5.97 Å². The van der Waals surface area contributed by atoms with Crippen LogP contribution >= 0.6 is 15.9 Å². The predicted octanol–water partition coefficient (Wildman–Crippen LogP) is 1.16. The lowest BCUT2D eigenvalue weighted by atomic mass is 9.99. The molecule has 14 heavy (non-hydrogen) atoms. The maximum Gasteiger partial charge on any atom is 0.312 e. The van der Waals surface area contributed by atoms with E-state index >= 15 is 0 Å². The van der Waals surface area contributed by atoms with Gasteiger partial charge in [0, 0.05) is 16.7 Å². The molecular weight excluding hydrogens is 248 g/mol. The summed E-state index contributed by atoms with van der Waals surface area (Å²) in [6.07, 6.45) is 0. The molecule has 0 aliphatic carbocycles. The van der Waals surface area contributed by atoms with Crippen LogP contribution < -0.4 is 11.5 Å². The first-order chi connectivity index (χ1) is 6.56. The van der Waals surface area contributed by atoms with E-state index in [1.807, 2.05) is 0 Å². The van der Waals surface area contributed by atoms with Crippen LogP contribution in [0.2, 0.25) is 0 Å². The largest absolute Gasteiger partial charge is 0.481 e. The average Bonchev–Trinajstić information content (AvgIpc) is 2.11. The van der Waals surface area contributed by atoms with Crippen LogP contribution in [0.5, 0.6) is 0 Å². The van der Waals surface area contributed by atoms with Gasteiger partial charge in [-0.15, -0.1) is 0 Å². The molecule has 0 fully saturated rings. The fourth-order valence-electron chi connectivity index (χ4n) is 1.16. The van der Waals surface area contributed by atoms with Crippen LogP contribution in [-0.2, 0) is 4.79 Å². The number of benzene rings is 1. The number of nitrogen functional groups attached to an aromatic ring is 1. The summed E-state index contributed by atoms with van der Waals surface area (Å²) in [4.78, 5) is 10.8.